The molecule has 0 spiro atoms. The van der Waals surface area contributed by atoms with Crippen molar-refractivity contribution in [1.82, 2.24) is 0 Å². The molecule has 3 heteroatoms. The Bertz CT molecular complexity index is 416. The van der Waals surface area contributed by atoms with Crippen molar-refractivity contribution in [3.8, 4) is 0 Å². The summed E-state index contributed by atoms with van der Waals surface area (Å²) in [6.45, 7) is 2.09. The predicted molar refractivity (Wildman–Crippen MR) is 61.6 cm³/mol. The third kappa shape index (κ3) is 1.94. The lowest BCUT2D eigenvalue weighted by molar-refractivity contribution is 0.0896. The molecule has 0 heterocycles. The summed E-state index contributed by atoms with van der Waals surface area (Å²) in [7, 11) is 0. The maximum Gasteiger partial charge on any atom is 0.166 e. The van der Waals surface area contributed by atoms with Gasteiger partial charge in [0.2, 0.25) is 0 Å². The van der Waals surface area contributed by atoms with Crippen molar-refractivity contribution < 1.29 is 9.18 Å². The number of halogens is 1. The Balaban J connectivity index is 2.23. The van der Waals surface area contributed by atoms with Crippen LogP contribution in [-0.2, 0) is 0 Å². The van der Waals surface area contributed by atoms with Crippen LogP contribution in [0.25, 0.3) is 0 Å². The van der Waals surface area contributed by atoms with Crippen molar-refractivity contribution in [2.24, 2.45) is 11.8 Å². The van der Waals surface area contributed by atoms with E-state index in [4.69, 9.17) is 5.73 Å². The zero-order valence-electron chi connectivity index (χ0n) is 9.37. The first-order valence-electron chi connectivity index (χ1n) is 5.69. The number of hydrogen-bond donors (Lipinski definition) is 1. The van der Waals surface area contributed by atoms with Crippen molar-refractivity contribution in [2.75, 3.05) is 5.73 Å². The smallest absolute Gasteiger partial charge is 0.166 e. The Hall–Kier alpha value is -1.38. The summed E-state index contributed by atoms with van der Waals surface area (Å²) in [5.41, 5.74) is 5.93. The van der Waals surface area contributed by atoms with Gasteiger partial charge in [-0.2, -0.15) is 0 Å². The number of Topliss-reactive ketones (excluding diaryl/α,β-unsaturated/α-hetero) is 1. The van der Waals surface area contributed by atoms with Crippen LogP contribution in [0, 0.1) is 17.7 Å². The Morgan fingerprint density at radius 1 is 1.44 bits per heavy atom. The minimum absolute atomic E-state index is 0.0584. The summed E-state index contributed by atoms with van der Waals surface area (Å²) in [5, 5.41) is 0. The summed E-state index contributed by atoms with van der Waals surface area (Å²) >= 11 is 0. The first kappa shape index (κ1) is 11.1. The molecule has 1 aliphatic rings. The average molecular weight is 221 g/mol. The predicted octanol–water partition coefficient (Wildman–Crippen LogP) is 3.03. The van der Waals surface area contributed by atoms with Crippen molar-refractivity contribution >= 4 is 11.5 Å². The van der Waals surface area contributed by atoms with E-state index in [1.807, 2.05) is 0 Å². The third-order valence-corrected chi connectivity index (χ3v) is 3.48. The molecule has 1 aliphatic carbocycles. The molecule has 0 aliphatic heterocycles. The first-order chi connectivity index (χ1) is 7.59. The monoisotopic (exact) mass is 221 g/mol. The van der Waals surface area contributed by atoms with Gasteiger partial charge in [0.05, 0.1) is 5.69 Å². The zero-order chi connectivity index (χ0) is 11.7. The minimum Gasteiger partial charge on any atom is -0.396 e. The number of nitrogen functional groups attached to an aromatic ring is 1. The lowest BCUT2D eigenvalue weighted by atomic mass is 9.89. The fraction of sp³-hybridized carbons (Fsp3) is 0.462. The Kier molecular flexibility index (Phi) is 2.95. The number of rotatable bonds is 2. The quantitative estimate of drug-likeness (QED) is 0.616. The number of nitrogens with two attached hydrogens (primary N) is 1. The maximum atomic E-state index is 13.2. The van der Waals surface area contributed by atoms with Crippen molar-refractivity contribution in [3.63, 3.8) is 0 Å². The molecule has 1 saturated carbocycles. The molecule has 2 rings (SSSR count). The van der Waals surface area contributed by atoms with Crippen LogP contribution in [0.3, 0.4) is 0 Å². The summed E-state index contributed by atoms with van der Waals surface area (Å²) in [4.78, 5) is 12.1. The Morgan fingerprint density at radius 2 is 2.19 bits per heavy atom. The van der Waals surface area contributed by atoms with Crippen molar-refractivity contribution in [2.45, 2.75) is 26.2 Å². The molecular weight excluding hydrogens is 205 g/mol. The van der Waals surface area contributed by atoms with Crippen LogP contribution in [0.5, 0.6) is 0 Å². The van der Waals surface area contributed by atoms with Crippen molar-refractivity contribution in [3.05, 3.63) is 29.6 Å². The molecular formula is C13H16FNO. The van der Waals surface area contributed by atoms with E-state index < -0.39 is 5.82 Å². The Morgan fingerprint density at radius 3 is 2.75 bits per heavy atom. The van der Waals surface area contributed by atoms with Crippen molar-refractivity contribution in [1.29, 1.82) is 0 Å². The highest BCUT2D eigenvalue weighted by Gasteiger charge is 2.30. The molecule has 0 saturated heterocycles. The lowest BCUT2D eigenvalue weighted by Gasteiger charge is -2.14. The van der Waals surface area contributed by atoms with Crippen LogP contribution in [0.1, 0.15) is 36.5 Å². The molecule has 1 aromatic carbocycles. The molecule has 2 N–H and O–H groups in total. The summed E-state index contributed by atoms with van der Waals surface area (Å²) in [6.07, 6.45) is 3.11. The molecule has 2 nitrogen and oxygen atoms in total. The summed E-state index contributed by atoms with van der Waals surface area (Å²) in [6, 6.07) is 4.33. The zero-order valence-corrected chi connectivity index (χ0v) is 9.37. The van der Waals surface area contributed by atoms with Crippen LogP contribution < -0.4 is 5.73 Å². The Labute approximate surface area is 94.6 Å². The molecule has 16 heavy (non-hydrogen) atoms. The molecule has 2 unspecified atom stereocenters. The van der Waals surface area contributed by atoms with E-state index in [2.05, 4.69) is 6.92 Å². The van der Waals surface area contributed by atoms with Crippen LogP contribution in [0.2, 0.25) is 0 Å². The van der Waals surface area contributed by atoms with E-state index in [0.29, 0.717) is 11.5 Å². The van der Waals surface area contributed by atoms with Gasteiger partial charge in [-0.15, -0.1) is 0 Å². The van der Waals surface area contributed by atoms with Gasteiger partial charge in [0.15, 0.2) is 5.78 Å². The molecule has 0 radical (unpaired) electrons. The van der Waals surface area contributed by atoms with Gasteiger partial charge in [-0.1, -0.05) is 13.3 Å². The van der Waals surface area contributed by atoms with Gasteiger partial charge in [-0.05, 0) is 37.0 Å². The molecule has 86 valence electrons. The third-order valence-electron chi connectivity index (χ3n) is 3.48. The summed E-state index contributed by atoms with van der Waals surface area (Å²) < 4.78 is 13.2. The fourth-order valence-electron chi connectivity index (χ4n) is 2.43. The second-order valence-electron chi connectivity index (χ2n) is 4.62. The number of ketones is 1. The van der Waals surface area contributed by atoms with E-state index in [-0.39, 0.29) is 17.4 Å². The van der Waals surface area contributed by atoms with Gasteiger partial charge < -0.3 is 5.73 Å². The number of hydrogen-bond acceptors (Lipinski definition) is 2. The number of carbonyl (C=O) groups is 1. The van der Waals surface area contributed by atoms with Gasteiger partial charge in [0.1, 0.15) is 5.82 Å². The van der Waals surface area contributed by atoms with Gasteiger partial charge in [0, 0.05) is 11.5 Å². The van der Waals surface area contributed by atoms with Gasteiger partial charge in [-0.3, -0.25) is 4.79 Å². The average Bonchev–Trinajstić information content (AvgIpc) is 2.67. The van der Waals surface area contributed by atoms with Crippen LogP contribution in [0.15, 0.2) is 18.2 Å². The van der Waals surface area contributed by atoms with E-state index in [1.165, 1.54) is 12.1 Å². The number of carbonyl (C=O) groups excluding carboxylic acids is 1. The SMILES string of the molecule is CC1CCCC1C(=O)c1ccc(N)c(F)c1. The van der Waals surface area contributed by atoms with E-state index in [1.54, 1.807) is 6.07 Å². The van der Waals surface area contributed by atoms with Gasteiger partial charge in [-0.25, -0.2) is 4.39 Å². The van der Waals surface area contributed by atoms with Gasteiger partial charge >= 0.3 is 0 Å². The molecule has 0 amide bonds. The van der Waals surface area contributed by atoms with E-state index in [9.17, 15) is 9.18 Å². The highest BCUT2D eigenvalue weighted by molar-refractivity contribution is 5.98. The normalized spacial score (nSPS) is 24.6. The standard InChI is InChI=1S/C13H16FNO/c1-8-3-2-4-10(8)13(16)9-5-6-12(15)11(14)7-9/h5-8,10H,2-4,15H2,1H3. The van der Waals surface area contributed by atoms with Crippen LogP contribution >= 0.6 is 0 Å². The molecule has 2 atom stereocenters. The van der Waals surface area contributed by atoms with Crippen LogP contribution in [-0.4, -0.2) is 5.78 Å². The molecule has 0 aromatic heterocycles. The number of benzene rings is 1. The highest BCUT2D eigenvalue weighted by atomic mass is 19.1. The minimum atomic E-state index is -0.503. The topological polar surface area (TPSA) is 43.1 Å². The fourth-order valence-corrected chi connectivity index (χ4v) is 2.43. The largest absolute Gasteiger partial charge is 0.396 e. The lowest BCUT2D eigenvalue weighted by Crippen LogP contribution is -2.17. The first-order valence-corrected chi connectivity index (χ1v) is 5.69. The highest BCUT2D eigenvalue weighted by Crippen LogP contribution is 2.33. The molecule has 0 bridgehead atoms. The summed E-state index contributed by atoms with van der Waals surface area (Å²) in [5.74, 6) is 0.0246. The second kappa shape index (κ2) is 4.24. The number of anilines is 1. The van der Waals surface area contributed by atoms with E-state index in [0.717, 1.165) is 19.3 Å². The van der Waals surface area contributed by atoms with Crippen LogP contribution in [0.4, 0.5) is 10.1 Å². The molecule has 1 aromatic rings. The molecule has 1 fully saturated rings. The second-order valence-corrected chi connectivity index (χ2v) is 4.62. The van der Waals surface area contributed by atoms with Gasteiger partial charge in [0.25, 0.3) is 0 Å². The van der Waals surface area contributed by atoms with E-state index >= 15 is 0 Å². The maximum absolute atomic E-state index is 13.2.